The standard InChI is InChI=1S/C15H23N/c1-2-7-15(13-8-4-3-5-9-13)14-10-6-11-16-12-14/h3-5,8-9,14-16H,2,6-7,10-12H2,1H3/t14-,15?/m0/s1. The van der Waals surface area contributed by atoms with E-state index in [9.17, 15) is 0 Å². The van der Waals surface area contributed by atoms with E-state index in [4.69, 9.17) is 0 Å². The summed E-state index contributed by atoms with van der Waals surface area (Å²) in [6, 6.07) is 11.1. The zero-order valence-corrected chi connectivity index (χ0v) is 10.3. The van der Waals surface area contributed by atoms with Gasteiger partial charge in [-0.05, 0) is 49.8 Å². The van der Waals surface area contributed by atoms with Crippen LogP contribution in [0.5, 0.6) is 0 Å². The summed E-state index contributed by atoms with van der Waals surface area (Å²) in [5.41, 5.74) is 1.54. The van der Waals surface area contributed by atoms with Crippen molar-refractivity contribution in [2.45, 2.75) is 38.5 Å². The Kier molecular flexibility index (Phi) is 4.41. The van der Waals surface area contributed by atoms with Crippen LogP contribution in [0, 0.1) is 5.92 Å². The number of benzene rings is 1. The molecule has 1 aromatic rings. The highest BCUT2D eigenvalue weighted by molar-refractivity contribution is 5.20. The Bertz CT molecular complexity index is 288. The maximum Gasteiger partial charge on any atom is -0.00147 e. The van der Waals surface area contributed by atoms with Crippen LogP contribution in [0.1, 0.15) is 44.1 Å². The van der Waals surface area contributed by atoms with E-state index in [0.717, 1.165) is 11.8 Å². The van der Waals surface area contributed by atoms with E-state index in [-0.39, 0.29) is 0 Å². The molecule has 0 bridgehead atoms. The van der Waals surface area contributed by atoms with Crippen LogP contribution >= 0.6 is 0 Å². The summed E-state index contributed by atoms with van der Waals surface area (Å²) in [5.74, 6) is 1.61. The van der Waals surface area contributed by atoms with Gasteiger partial charge in [0.15, 0.2) is 0 Å². The average Bonchev–Trinajstić information content (AvgIpc) is 2.38. The van der Waals surface area contributed by atoms with Crippen molar-refractivity contribution in [3.8, 4) is 0 Å². The van der Waals surface area contributed by atoms with Gasteiger partial charge in [0.2, 0.25) is 0 Å². The Morgan fingerprint density at radius 1 is 1.31 bits per heavy atom. The van der Waals surface area contributed by atoms with Gasteiger partial charge in [0.25, 0.3) is 0 Å². The van der Waals surface area contributed by atoms with Crippen molar-refractivity contribution in [1.29, 1.82) is 0 Å². The highest BCUT2D eigenvalue weighted by Gasteiger charge is 2.23. The molecule has 16 heavy (non-hydrogen) atoms. The van der Waals surface area contributed by atoms with Crippen molar-refractivity contribution in [3.05, 3.63) is 35.9 Å². The third-order valence-corrected chi connectivity index (χ3v) is 3.73. The number of piperidine rings is 1. The summed E-state index contributed by atoms with van der Waals surface area (Å²) in [4.78, 5) is 0. The smallest absolute Gasteiger partial charge is 0.00147 e. The SMILES string of the molecule is CCCC(c1ccccc1)[C@H]1CCCNC1. The van der Waals surface area contributed by atoms with Crippen LogP contribution in [-0.4, -0.2) is 13.1 Å². The first-order chi connectivity index (χ1) is 7.92. The zero-order valence-electron chi connectivity index (χ0n) is 10.3. The fourth-order valence-corrected chi connectivity index (χ4v) is 2.91. The molecule has 0 spiro atoms. The first-order valence-corrected chi connectivity index (χ1v) is 6.67. The van der Waals surface area contributed by atoms with E-state index < -0.39 is 0 Å². The summed E-state index contributed by atoms with van der Waals surface area (Å²) in [6.45, 7) is 4.72. The van der Waals surface area contributed by atoms with Gasteiger partial charge in [-0.3, -0.25) is 0 Å². The fraction of sp³-hybridized carbons (Fsp3) is 0.600. The van der Waals surface area contributed by atoms with Crippen LogP contribution in [0.25, 0.3) is 0 Å². The topological polar surface area (TPSA) is 12.0 Å². The van der Waals surface area contributed by atoms with Crippen molar-refractivity contribution in [3.63, 3.8) is 0 Å². The van der Waals surface area contributed by atoms with Crippen LogP contribution in [0.2, 0.25) is 0 Å². The number of hydrogen-bond acceptors (Lipinski definition) is 1. The van der Waals surface area contributed by atoms with Crippen LogP contribution in [0.4, 0.5) is 0 Å². The van der Waals surface area contributed by atoms with E-state index in [1.165, 1.54) is 44.3 Å². The first-order valence-electron chi connectivity index (χ1n) is 6.67. The third-order valence-electron chi connectivity index (χ3n) is 3.73. The lowest BCUT2D eigenvalue weighted by atomic mass is 9.79. The average molecular weight is 217 g/mol. The molecule has 1 fully saturated rings. The number of rotatable bonds is 4. The molecule has 1 unspecified atom stereocenters. The molecule has 1 nitrogen and oxygen atoms in total. The third kappa shape index (κ3) is 2.85. The summed E-state index contributed by atoms with van der Waals surface area (Å²) >= 11 is 0. The molecule has 1 heterocycles. The van der Waals surface area contributed by atoms with Gasteiger partial charge in [0.1, 0.15) is 0 Å². The van der Waals surface area contributed by atoms with Gasteiger partial charge in [0.05, 0.1) is 0 Å². The quantitative estimate of drug-likeness (QED) is 0.813. The molecule has 0 amide bonds. The summed E-state index contributed by atoms with van der Waals surface area (Å²) in [6.07, 6.45) is 5.36. The van der Waals surface area contributed by atoms with Gasteiger partial charge in [0, 0.05) is 0 Å². The molecule has 1 saturated heterocycles. The number of nitrogens with one attached hydrogen (secondary N) is 1. The lowest BCUT2D eigenvalue weighted by Gasteiger charge is -2.31. The molecular weight excluding hydrogens is 194 g/mol. The molecular formula is C15H23N. The lowest BCUT2D eigenvalue weighted by Crippen LogP contribution is -2.33. The van der Waals surface area contributed by atoms with E-state index in [1.807, 2.05) is 0 Å². The second kappa shape index (κ2) is 6.05. The van der Waals surface area contributed by atoms with Gasteiger partial charge in [-0.15, -0.1) is 0 Å². The monoisotopic (exact) mass is 217 g/mol. The van der Waals surface area contributed by atoms with Crippen LogP contribution in [0.3, 0.4) is 0 Å². The minimum atomic E-state index is 0.763. The largest absolute Gasteiger partial charge is 0.316 e. The first kappa shape index (κ1) is 11.7. The highest BCUT2D eigenvalue weighted by atomic mass is 14.9. The summed E-state index contributed by atoms with van der Waals surface area (Å²) < 4.78 is 0. The van der Waals surface area contributed by atoms with Gasteiger partial charge >= 0.3 is 0 Å². The Morgan fingerprint density at radius 2 is 2.12 bits per heavy atom. The Labute approximate surface area is 99.3 Å². The van der Waals surface area contributed by atoms with Crippen molar-refractivity contribution in [2.24, 2.45) is 5.92 Å². The molecule has 1 aliphatic rings. The van der Waals surface area contributed by atoms with Crippen LogP contribution in [-0.2, 0) is 0 Å². The Hall–Kier alpha value is -0.820. The summed E-state index contributed by atoms with van der Waals surface area (Å²) in [5, 5.41) is 3.54. The minimum absolute atomic E-state index is 0.763. The van der Waals surface area contributed by atoms with Gasteiger partial charge in [-0.25, -0.2) is 0 Å². The molecule has 1 N–H and O–H groups in total. The van der Waals surface area contributed by atoms with Crippen molar-refractivity contribution in [2.75, 3.05) is 13.1 Å². The van der Waals surface area contributed by atoms with Crippen molar-refractivity contribution < 1.29 is 0 Å². The molecule has 0 saturated carbocycles. The van der Waals surface area contributed by atoms with E-state index >= 15 is 0 Å². The predicted octanol–water partition coefficient (Wildman–Crippen LogP) is 3.57. The second-order valence-corrected chi connectivity index (χ2v) is 4.91. The lowest BCUT2D eigenvalue weighted by molar-refractivity contribution is 0.310. The predicted molar refractivity (Wildman–Crippen MR) is 69.7 cm³/mol. The van der Waals surface area contributed by atoms with Gasteiger partial charge in [-0.2, -0.15) is 0 Å². The second-order valence-electron chi connectivity index (χ2n) is 4.91. The summed E-state index contributed by atoms with van der Waals surface area (Å²) in [7, 11) is 0. The van der Waals surface area contributed by atoms with Crippen molar-refractivity contribution in [1.82, 2.24) is 5.32 Å². The van der Waals surface area contributed by atoms with E-state index in [0.29, 0.717) is 0 Å². The maximum atomic E-state index is 3.54. The van der Waals surface area contributed by atoms with Crippen LogP contribution in [0.15, 0.2) is 30.3 Å². The molecule has 0 aliphatic carbocycles. The van der Waals surface area contributed by atoms with Crippen molar-refractivity contribution >= 4 is 0 Å². The molecule has 0 aromatic heterocycles. The highest BCUT2D eigenvalue weighted by Crippen LogP contribution is 2.33. The number of hydrogen-bond donors (Lipinski definition) is 1. The fourth-order valence-electron chi connectivity index (χ4n) is 2.91. The molecule has 2 rings (SSSR count). The minimum Gasteiger partial charge on any atom is -0.316 e. The normalized spacial score (nSPS) is 22.9. The molecule has 88 valence electrons. The van der Waals surface area contributed by atoms with Crippen LogP contribution < -0.4 is 5.32 Å². The van der Waals surface area contributed by atoms with Gasteiger partial charge < -0.3 is 5.32 Å². The van der Waals surface area contributed by atoms with E-state index in [2.05, 4.69) is 42.6 Å². The molecule has 0 radical (unpaired) electrons. The Morgan fingerprint density at radius 3 is 2.75 bits per heavy atom. The molecule has 1 aromatic carbocycles. The zero-order chi connectivity index (χ0) is 11.2. The molecule has 1 aliphatic heterocycles. The maximum absolute atomic E-state index is 3.54. The van der Waals surface area contributed by atoms with Gasteiger partial charge in [-0.1, -0.05) is 43.7 Å². The molecule has 2 atom stereocenters. The Balaban J connectivity index is 2.09. The molecule has 1 heteroatoms. The van der Waals surface area contributed by atoms with E-state index in [1.54, 1.807) is 0 Å².